The minimum Gasteiger partial charge on any atom is -0.313 e. The molecule has 30 heavy (non-hydrogen) atoms. The number of benzene rings is 2. The van der Waals surface area contributed by atoms with Crippen LogP contribution in [0.4, 0.5) is 5.69 Å². The topological polar surface area (TPSA) is 143 Å². The summed E-state index contributed by atoms with van der Waals surface area (Å²) in [6.45, 7) is 1.96. The van der Waals surface area contributed by atoms with E-state index in [4.69, 9.17) is 0 Å². The normalized spacial score (nSPS) is 11.4. The molecule has 2 aromatic heterocycles. The highest BCUT2D eigenvalue weighted by atomic mass is 32.2. The van der Waals surface area contributed by atoms with E-state index in [2.05, 4.69) is 20.0 Å². The number of para-hydroxylation sites is 1. The van der Waals surface area contributed by atoms with E-state index in [-0.39, 0.29) is 5.69 Å². The van der Waals surface area contributed by atoms with Crippen LogP contribution in [0.1, 0.15) is 5.56 Å². The highest BCUT2D eigenvalue weighted by Crippen LogP contribution is 2.23. The lowest BCUT2D eigenvalue weighted by molar-refractivity contribution is 0.599. The van der Waals surface area contributed by atoms with Gasteiger partial charge in [0.2, 0.25) is 0 Å². The van der Waals surface area contributed by atoms with Crippen LogP contribution in [0.25, 0.3) is 16.9 Å². The third-order valence-electron chi connectivity index (χ3n) is 4.34. The van der Waals surface area contributed by atoms with Crippen molar-refractivity contribution in [2.24, 2.45) is 0 Å². The number of anilines is 1. The van der Waals surface area contributed by atoms with Crippen LogP contribution in [0.3, 0.4) is 0 Å². The Morgan fingerprint density at radius 3 is 2.63 bits per heavy atom. The van der Waals surface area contributed by atoms with Crippen LogP contribution in [0.5, 0.6) is 0 Å². The number of aryl methyl sites for hydroxylation is 1. The first-order valence-corrected chi connectivity index (χ1v) is 10.3. The van der Waals surface area contributed by atoms with Crippen molar-refractivity contribution in [3.63, 3.8) is 0 Å². The highest BCUT2D eigenvalue weighted by Gasteiger charge is 2.19. The standard InChI is InChI=1S/C19H16N6O4S/c1-12-5-2-3-8-16(12)25-11-15(22-24-25)13-6-4-7-14(9-13)23-30(28,29)17-10-20-19(27)21-18(17)26/h2-11,23H,1H3,(H2,20,21,26,27). The minimum absolute atomic E-state index is 0.226. The van der Waals surface area contributed by atoms with Crippen LogP contribution >= 0.6 is 0 Å². The summed E-state index contributed by atoms with van der Waals surface area (Å²) in [6, 6.07) is 14.2. The number of sulfonamides is 1. The maximum Gasteiger partial charge on any atom is 0.325 e. The van der Waals surface area contributed by atoms with Gasteiger partial charge in [-0.1, -0.05) is 35.5 Å². The van der Waals surface area contributed by atoms with Crippen LogP contribution in [-0.2, 0) is 10.0 Å². The van der Waals surface area contributed by atoms with E-state index < -0.39 is 26.2 Å². The van der Waals surface area contributed by atoms with Gasteiger partial charge in [0.05, 0.1) is 11.9 Å². The van der Waals surface area contributed by atoms with Gasteiger partial charge >= 0.3 is 5.69 Å². The molecule has 0 fully saturated rings. The van der Waals surface area contributed by atoms with Crippen molar-refractivity contribution in [3.8, 4) is 16.9 Å². The molecule has 152 valence electrons. The number of hydrogen-bond donors (Lipinski definition) is 3. The molecular formula is C19H16N6O4S. The molecule has 0 atom stereocenters. The Kier molecular flexibility index (Phi) is 4.80. The summed E-state index contributed by atoms with van der Waals surface area (Å²) in [5.41, 5.74) is 1.50. The molecule has 0 spiro atoms. The third-order valence-corrected chi connectivity index (χ3v) is 5.73. The zero-order chi connectivity index (χ0) is 21.3. The quantitative estimate of drug-likeness (QED) is 0.442. The average molecular weight is 424 g/mol. The maximum atomic E-state index is 12.5. The van der Waals surface area contributed by atoms with Crippen molar-refractivity contribution in [2.75, 3.05) is 4.72 Å². The Bertz CT molecular complexity index is 1450. The predicted molar refractivity (Wildman–Crippen MR) is 110 cm³/mol. The Morgan fingerprint density at radius 2 is 1.87 bits per heavy atom. The summed E-state index contributed by atoms with van der Waals surface area (Å²) in [4.78, 5) is 26.4. The van der Waals surface area contributed by atoms with Gasteiger partial charge < -0.3 is 4.98 Å². The van der Waals surface area contributed by atoms with E-state index in [0.29, 0.717) is 11.3 Å². The summed E-state index contributed by atoms with van der Waals surface area (Å²) in [5.74, 6) is 0. The van der Waals surface area contributed by atoms with Crippen molar-refractivity contribution in [1.82, 2.24) is 25.0 Å². The molecule has 0 aliphatic rings. The van der Waals surface area contributed by atoms with Crippen molar-refractivity contribution in [3.05, 3.63) is 87.3 Å². The van der Waals surface area contributed by atoms with Crippen LogP contribution in [0, 0.1) is 6.92 Å². The lowest BCUT2D eigenvalue weighted by atomic mass is 10.1. The van der Waals surface area contributed by atoms with Crippen LogP contribution in [0.2, 0.25) is 0 Å². The number of H-pyrrole nitrogens is 2. The van der Waals surface area contributed by atoms with Gasteiger partial charge in [0.1, 0.15) is 5.69 Å². The van der Waals surface area contributed by atoms with E-state index in [9.17, 15) is 18.0 Å². The lowest BCUT2D eigenvalue weighted by Gasteiger charge is -2.08. The monoisotopic (exact) mass is 424 g/mol. The predicted octanol–water partition coefficient (Wildman–Crippen LogP) is 1.42. The number of aromatic amines is 2. The molecule has 0 aliphatic heterocycles. The summed E-state index contributed by atoms with van der Waals surface area (Å²) < 4.78 is 29.0. The van der Waals surface area contributed by atoms with Crippen LogP contribution in [0.15, 0.2) is 75.4 Å². The second kappa shape index (κ2) is 7.44. The molecule has 0 amide bonds. The molecule has 4 rings (SSSR count). The number of nitrogens with zero attached hydrogens (tertiary/aromatic N) is 3. The SMILES string of the molecule is Cc1ccccc1-n1cc(-c2cccc(NS(=O)(=O)c3c[nH]c(=O)[nH]c3=O)c2)nn1. The van der Waals surface area contributed by atoms with Gasteiger partial charge in [-0.05, 0) is 30.7 Å². The fraction of sp³-hybridized carbons (Fsp3) is 0.0526. The van der Waals surface area contributed by atoms with Crippen LogP contribution < -0.4 is 16.0 Å². The van der Waals surface area contributed by atoms with Crippen molar-refractivity contribution >= 4 is 15.7 Å². The summed E-state index contributed by atoms with van der Waals surface area (Å²) in [6.07, 6.45) is 2.59. The second-order valence-corrected chi connectivity index (χ2v) is 8.11. The fourth-order valence-corrected chi connectivity index (χ4v) is 3.94. The Labute approximate surface area is 170 Å². The van der Waals surface area contributed by atoms with E-state index in [0.717, 1.165) is 17.4 Å². The number of hydrogen-bond acceptors (Lipinski definition) is 6. The molecule has 0 saturated heterocycles. The zero-order valence-electron chi connectivity index (χ0n) is 15.7. The molecule has 2 aromatic carbocycles. The van der Waals surface area contributed by atoms with Crippen molar-refractivity contribution in [2.45, 2.75) is 11.8 Å². The largest absolute Gasteiger partial charge is 0.325 e. The van der Waals surface area contributed by atoms with Crippen molar-refractivity contribution < 1.29 is 8.42 Å². The summed E-state index contributed by atoms with van der Waals surface area (Å²) in [5, 5.41) is 8.31. The molecule has 2 heterocycles. The van der Waals surface area contributed by atoms with Gasteiger partial charge in [0.25, 0.3) is 15.6 Å². The number of rotatable bonds is 5. The minimum atomic E-state index is -4.21. The molecule has 0 radical (unpaired) electrons. The van der Waals surface area contributed by atoms with Gasteiger partial charge in [-0.15, -0.1) is 5.10 Å². The summed E-state index contributed by atoms with van der Waals surface area (Å²) >= 11 is 0. The Hall–Kier alpha value is -3.99. The van der Waals surface area contributed by atoms with Gasteiger partial charge in [-0.3, -0.25) is 14.5 Å². The zero-order valence-corrected chi connectivity index (χ0v) is 16.5. The second-order valence-electron chi connectivity index (χ2n) is 6.46. The van der Waals surface area contributed by atoms with Gasteiger partial charge in [-0.25, -0.2) is 17.9 Å². The number of nitrogens with one attached hydrogen (secondary N) is 3. The first kappa shape index (κ1) is 19.3. The third kappa shape index (κ3) is 3.78. The molecule has 3 N–H and O–H groups in total. The first-order valence-electron chi connectivity index (χ1n) is 8.77. The summed E-state index contributed by atoms with van der Waals surface area (Å²) in [7, 11) is -4.21. The molecule has 10 nitrogen and oxygen atoms in total. The van der Waals surface area contributed by atoms with Crippen LogP contribution in [-0.4, -0.2) is 33.4 Å². The Morgan fingerprint density at radius 1 is 1.07 bits per heavy atom. The molecule has 4 aromatic rings. The number of aromatic nitrogens is 5. The molecule has 0 saturated carbocycles. The maximum absolute atomic E-state index is 12.5. The van der Waals surface area contributed by atoms with E-state index in [1.807, 2.05) is 36.2 Å². The molecule has 0 unspecified atom stereocenters. The molecule has 11 heteroatoms. The van der Waals surface area contributed by atoms with Gasteiger partial charge in [0.15, 0.2) is 4.90 Å². The molecule has 0 bridgehead atoms. The highest BCUT2D eigenvalue weighted by molar-refractivity contribution is 7.92. The lowest BCUT2D eigenvalue weighted by Crippen LogP contribution is -2.29. The van der Waals surface area contributed by atoms with E-state index in [1.54, 1.807) is 29.1 Å². The van der Waals surface area contributed by atoms with E-state index >= 15 is 0 Å². The fourth-order valence-electron chi connectivity index (χ4n) is 2.88. The Balaban J connectivity index is 1.65. The van der Waals surface area contributed by atoms with E-state index in [1.165, 1.54) is 6.07 Å². The molecular weight excluding hydrogens is 408 g/mol. The first-order chi connectivity index (χ1) is 14.3. The average Bonchev–Trinajstić information content (AvgIpc) is 3.18. The molecule has 0 aliphatic carbocycles. The van der Waals surface area contributed by atoms with Gasteiger partial charge in [0, 0.05) is 17.4 Å². The van der Waals surface area contributed by atoms with Crippen molar-refractivity contribution in [1.29, 1.82) is 0 Å². The smallest absolute Gasteiger partial charge is 0.313 e. The van der Waals surface area contributed by atoms with Gasteiger partial charge in [-0.2, -0.15) is 0 Å².